The molecule has 3 rings (SSSR count). The van der Waals surface area contributed by atoms with Gasteiger partial charge in [-0.05, 0) is 62.6 Å². The number of halogens is 1. The number of hydrogen-bond acceptors (Lipinski definition) is 3. The summed E-state index contributed by atoms with van der Waals surface area (Å²) in [4.78, 5) is 14.4. The SMILES string of the molecule is O=C(NC[C@@H]1CC[C@H](O)C1)Nc1cc(F)ccc1N1CCCCC1. The second-order valence-corrected chi connectivity index (χ2v) is 6.88. The lowest BCUT2D eigenvalue weighted by Crippen LogP contribution is -2.34. The molecule has 2 amide bonds. The third-order valence-corrected chi connectivity index (χ3v) is 4.97. The molecule has 24 heavy (non-hydrogen) atoms. The van der Waals surface area contributed by atoms with E-state index in [2.05, 4.69) is 15.5 Å². The van der Waals surface area contributed by atoms with Gasteiger partial charge in [0.1, 0.15) is 5.82 Å². The number of benzene rings is 1. The number of amides is 2. The number of rotatable bonds is 4. The Morgan fingerprint density at radius 2 is 2.04 bits per heavy atom. The van der Waals surface area contributed by atoms with Gasteiger partial charge in [-0.1, -0.05) is 0 Å². The van der Waals surface area contributed by atoms with E-state index in [0.717, 1.165) is 50.9 Å². The molecule has 2 aliphatic rings. The maximum absolute atomic E-state index is 13.6. The molecule has 1 aromatic rings. The molecular formula is C18H26FN3O2. The minimum Gasteiger partial charge on any atom is -0.393 e. The first-order chi connectivity index (χ1) is 11.6. The van der Waals surface area contributed by atoms with Gasteiger partial charge in [0.2, 0.25) is 0 Å². The molecule has 0 bridgehead atoms. The van der Waals surface area contributed by atoms with Crippen molar-refractivity contribution in [2.24, 2.45) is 5.92 Å². The molecule has 3 N–H and O–H groups in total. The van der Waals surface area contributed by atoms with Crippen LogP contribution in [0.2, 0.25) is 0 Å². The maximum atomic E-state index is 13.6. The standard InChI is InChI=1S/C18H26FN3O2/c19-14-5-7-17(22-8-2-1-3-9-22)16(11-14)21-18(24)20-12-13-4-6-15(23)10-13/h5,7,11,13,15,23H,1-4,6,8-10,12H2,(H2,20,21,24)/t13-,15+/m1/s1. The Balaban J connectivity index is 1.60. The molecule has 1 aromatic carbocycles. The summed E-state index contributed by atoms with van der Waals surface area (Å²) in [7, 11) is 0. The van der Waals surface area contributed by atoms with Gasteiger partial charge >= 0.3 is 6.03 Å². The summed E-state index contributed by atoms with van der Waals surface area (Å²) < 4.78 is 13.6. The molecular weight excluding hydrogens is 309 g/mol. The largest absolute Gasteiger partial charge is 0.393 e. The number of carbonyl (C=O) groups excluding carboxylic acids is 1. The first-order valence-corrected chi connectivity index (χ1v) is 8.89. The van der Waals surface area contributed by atoms with Crippen LogP contribution in [0.15, 0.2) is 18.2 Å². The summed E-state index contributed by atoms with van der Waals surface area (Å²) >= 11 is 0. The molecule has 132 valence electrons. The van der Waals surface area contributed by atoms with Gasteiger partial charge in [0.05, 0.1) is 17.5 Å². The molecule has 1 aliphatic carbocycles. The number of carbonyl (C=O) groups is 1. The molecule has 1 heterocycles. The van der Waals surface area contributed by atoms with E-state index >= 15 is 0 Å². The molecule has 0 radical (unpaired) electrons. The fraction of sp³-hybridized carbons (Fsp3) is 0.611. The van der Waals surface area contributed by atoms with Crippen molar-refractivity contribution in [3.05, 3.63) is 24.0 Å². The van der Waals surface area contributed by atoms with Crippen molar-refractivity contribution in [2.75, 3.05) is 29.9 Å². The lowest BCUT2D eigenvalue weighted by molar-refractivity contribution is 0.177. The van der Waals surface area contributed by atoms with E-state index in [4.69, 9.17) is 0 Å². The van der Waals surface area contributed by atoms with Gasteiger partial charge in [-0.25, -0.2) is 9.18 Å². The van der Waals surface area contributed by atoms with Gasteiger partial charge in [-0.15, -0.1) is 0 Å². The van der Waals surface area contributed by atoms with Crippen molar-refractivity contribution in [1.29, 1.82) is 0 Å². The van der Waals surface area contributed by atoms with Gasteiger partial charge in [0.15, 0.2) is 0 Å². The average Bonchev–Trinajstić information content (AvgIpc) is 2.99. The van der Waals surface area contributed by atoms with E-state index in [0.29, 0.717) is 18.2 Å². The smallest absolute Gasteiger partial charge is 0.319 e. The van der Waals surface area contributed by atoms with Crippen LogP contribution < -0.4 is 15.5 Å². The Hall–Kier alpha value is -1.82. The zero-order valence-corrected chi connectivity index (χ0v) is 13.9. The van der Waals surface area contributed by atoms with Gasteiger partial charge in [0, 0.05) is 19.6 Å². The van der Waals surface area contributed by atoms with Gasteiger partial charge < -0.3 is 20.6 Å². The minimum atomic E-state index is -0.357. The molecule has 6 heteroatoms. The third kappa shape index (κ3) is 4.38. The normalized spacial score (nSPS) is 24.0. The van der Waals surface area contributed by atoms with Crippen LogP contribution in [0.5, 0.6) is 0 Å². The topological polar surface area (TPSA) is 64.6 Å². The Kier molecular flexibility index (Phi) is 5.56. The van der Waals surface area contributed by atoms with Crippen LogP contribution >= 0.6 is 0 Å². The van der Waals surface area contributed by atoms with Crippen LogP contribution in [0.4, 0.5) is 20.6 Å². The zero-order chi connectivity index (χ0) is 16.9. The zero-order valence-electron chi connectivity index (χ0n) is 13.9. The van der Waals surface area contributed by atoms with Crippen molar-refractivity contribution in [3.63, 3.8) is 0 Å². The summed E-state index contributed by atoms with van der Waals surface area (Å²) in [5.41, 5.74) is 1.39. The fourth-order valence-electron chi connectivity index (χ4n) is 3.66. The summed E-state index contributed by atoms with van der Waals surface area (Å²) in [6, 6.07) is 4.24. The highest BCUT2D eigenvalue weighted by atomic mass is 19.1. The van der Waals surface area contributed by atoms with Gasteiger partial charge in [0.25, 0.3) is 0 Å². The number of anilines is 2. The number of hydrogen-bond donors (Lipinski definition) is 3. The molecule has 2 atom stereocenters. The Morgan fingerprint density at radius 1 is 1.25 bits per heavy atom. The van der Waals surface area contributed by atoms with Crippen LogP contribution in [0.25, 0.3) is 0 Å². The third-order valence-electron chi connectivity index (χ3n) is 4.97. The Morgan fingerprint density at radius 3 is 2.75 bits per heavy atom. The lowest BCUT2D eigenvalue weighted by atomic mass is 10.1. The molecule has 5 nitrogen and oxygen atoms in total. The molecule has 0 unspecified atom stereocenters. The fourth-order valence-corrected chi connectivity index (χ4v) is 3.66. The highest BCUT2D eigenvalue weighted by Crippen LogP contribution is 2.29. The predicted molar refractivity (Wildman–Crippen MR) is 92.8 cm³/mol. The molecule has 2 fully saturated rings. The quantitative estimate of drug-likeness (QED) is 0.792. The molecule has 1 aliphatic heterocycles. The summed E-state index contributed by atoms with van der Waals surface area (Å²) in [5.74, 6) is -0.0372. The summed E-state index contributed by atoms with van der Waals surface area (Å²) in [5, 5.41) is 15.2. The van der Waals surface area contributed by atoms with Crippen LogP contribution in [0, 0.1) is 11.7 Å². The molecule has 0 spiro atoms. The van der Waals surface area contributed by atoms with Crippen molar-refractivity contribution < 1.29 is 14.3 Å². The first kappa shape index (κ1) is 17.0. The number of urea groups is 1. The first-order valence-electron chi connectivity index (χ1n) is 8.89. The van der Waals surface area contributed by atoms with Crippen LogP contribution in [0.3, 0.4) is 0 Å². The van der Waals surface area contributed by atoms with Crippen molar-refractivity contribution in [3.8, 4) is 0 Å². The summed E-state index contributed by atoms with van der Waals surface area (Å²) in [6.07, 6.45) is 5.68. The number of nitrogens with one attached hydrogen (secondary N) is 2. The van der Waals surface area contributed by atoms with Gasteiger partial charge in [-0.3, -0.25) is 0 Å². The second kappa shape index (κ2) is 7.83. The van der Waals surface area contributed by atoms with Crippen LogP contribution in [-0.4, -0.2) is 36.9 Å². The average molecular weight is 335 g/mol. The van der Waals surface area contributed by atoms with E-state index in [-0.39, 0.29) is 18.0 Å². The monoisotopic (exact) mass is 335 g/mol. The summed E-state index contributed by atoms with van der Waals surface area (Å²) in [6.45, 7) is 2.40. The highest BCUT2D eigenvalue weighted by Gasteiger charge is 2.23. The number of aliphatic hydroxyl groups excluding tert-OH is 1. The minimum absolute atomic E-state index is 0.242. The Labute approximate surface area is 142 Å². The molecule has 0 aromatic heterocycles. The molecule has 1 saturated carbocycles. The van der Waals surface area contributed by atoms with E-state index in [1.54, 1.807) is 6.07 Å². The highest BCUT2D eigenvalue weighted by molar-refractivity contribution is 5.93. The lowest BCUT2D eigenvalue weighted by Gasteiger charge is -2.30. The Bertz CT molecular complexity index is 575. The van der Waals surface area contributed by atoms with Crippen molar-refractivity contribution in [2.45, 2.75) is 44.6 Å². The van der Waals surface area contributed by atoms with Crippen LogP contribution in [0.1, 0.15) is 38.5 Å². The maximum Gasteiger partial charge on any atom is 0.319 e. The van der Waals surface area contributed by atoms with Gasteiger partial charge in [-0.2, -0.15) is 0 Å². The second-order valence-electron chi connectivity index (χ2n) is 6.88. The van der Waals surface area contributed by atoms with E-state index in [9.17, 15) is 14.3 Å². The van der Waals surface area contributed by atoms with E-state index in [1.165, 1.54) is 18.6 Å². The molecule has 1 saturated heterocycles. The number of piperidine rings is 1. The number of nitrogens with zero attached hydrogens (tertiary/aromatic N) is 1. The van der Waals surface area contributed by atoms with E-state index in [1.807, 2.05) is 0 Å². The van der Waals surface area contributed by atoms with Crippen LogP contribution in [-0.2, 0) is 0 Å². The predicted octanol–water partition coefficient (Wildman–Crippen LogP) is 3.10. The number of aliphatic hydroxyl groups is 1. The van der Waals surface area contributed by atoms with Crippen molar-refractivity contribution in [1.82, 2.24) is 5.32 Å². The van der Waals surface area contributed by atoms with E-state index < -0.39 is 0 Å². The van der Waals surface area contributed by atoms with Crippen molar-refractivity contribution >= 4 is 17.4 Å².